The lowest BCUT2D eigenvalue weighted by molar-refractivity contribution is -0.00276. The number of hydrogen-bond donors (Lipinski definition) is 2. The van der Waals surface area contributed by atoms with Crippen LogP contribution < -0.4 is 14.4 Å². The summed E-state index contributed by atoms with van der Waals surface area (Å²) < 4.78 is 11.0. The van der Waals surface area contributed by atoms with Crippen LogP contribution in [0.3, 0.4) is 0 Å². The topological polar surface area (TPSA) is 73.8 Å². The molecule has 1 aliphatic rings. The molecule has 1 unspecified atom stereocenters. The standard InChI is InChI=1S/C28H30N4O3/c1-34-24-9-11-27(35-2)25(15-24)28(33)32-13-12-31(18-23-16-29-19-30-23)26-10-8-21(14-22(26)17-32)20-6-4-3-5-7-20/h3-11,14-16,19,28,33H,12-13,17-18H2,1-2H3,(H,29,30). The second kappa shape index (κ2) is 10.2. The van der Waals surface area contributed by atoms with Gasteiger partial charge in [0.1, 0.15) is 17.7 Å². The fraction of sp³-hybridized carbons (Fsp3) is 0.250. The van der Waals surface area contributed by atoms with Gasteiger partial charge in [0.05, 0.1) is 32.8 Å². The van der Waals surface area contributed by atoms with Gasteiger partial charge >= 0.3 is 0 Å². The normalized spacial score (nSPS) is 14.8. The Hall–Kier alpha value is -3.81. The largest absolute Gasteiger partial charge is 0.497 e. The van der Waals surface area contributed by atoms with Crippen LogP contribution in [0.1, 0.15) is 23.0 Å². The summed E-state index contributed by atoms with van der Waals surface area (Å²) in [6.45, 7) is 2.73. The number of anilines is 1. The number of rotatable bonds is 7. The van der Waals surface area contributed by atoms with E-state index in [9.17, 15) is 5.11 Å². The van der Waals surface area contributed by atoms with E-state index in [-0.39, 0.29) is 0 Å². The summed E-state index contributed by atoms with van der Waals surface area (Å²) in [6, 6.07) is 22.5. The second-order valence-corrected chi connectivity index (χ2v) is 8.66. The van der Waals surface area contributed by atoms with E-state index in [0.717, 1.165) is 29.1 Å². The van der Waals surface area contributed by atoms with E-state index in [2.05, 4.69) is 62.2 Å². The van der Waals surface area contributed by atoms with Crippen LogP contribution in [0.5, 0.6) is 11.5 Å². The summed E-state index contributed by atoms with van der Waals surface area (Å²) >= 11 is 0. The summed E-state index contributed by atoms with van der Waals surface area (Å²) in [4.78, 5) is 11.8. The number of fused-ring (bicyclic) bond motifs is 1. The zero-order valence-corrected chi connectivity index (χ0v) is 20.0. The van der Waals surface area contributed by atoms with Crippen molar-refractivity contribution in [1.29, 1.82) is 0 Å². The lowest BCUT2D eigenvalue weighted by Crippen LogP contribution is -2.34. The molecule has 5 rings (SSSR count). The predicted octanol–water partition coefficient (Wildman–Crippen LogP) is 4.61. The Morgan fingerprint density at radius 1 is 0.971 bits per heavy atom. The number of aliphatic hydroxyl groups is 1. The molecule has 2 N–H and O–H groups in total. The quantitative estimate of drug-likeness (QED) is 0.411. The molecule has 0 spiro atoms. The second-order valence-electron chi connectivity index (χ2n) is 8.66. The van der Waals surface area contributed by atoms with Crippen LogP contribution in [0.15, 0.2) is 79.3 Å². The molecule has 1 aliphatic heterocycles. The van der Waals surface area contributed by atoms with Gasteiger partial charge in [-0.2, -0.15) is 0 Å². The molecule has 180 valence electrons. The first-order valence-corrected chi connectivity index (χ1v) is 11.7. The third kappa shape index (κ3) is 4.87. The molecular formula is C28H30N4O3. The highest BCUT2D eigenvalue weighted by molar-refractivity contribution is 5.69. The average molecular weight is 471 g/mol. The van der Waals surface area contributed by atoms with Crippen molar-refractivity contribution >= 4 is 5.69 Å². The van der Waals surface area contributed by atoms with E-state index in [1.54, 1.807) is 20.5 Å². The molecule has 2 heterocycles. The van der Waals surface area contributed by atoms with Crippen molar-refractivity contribution < 1.29 is 14.6 Å². The molecule has 7 nitrogen and oxygen atoms in total. The van der Waals surface area contributed by atoms with Gasteiger partial charge in [0.15, 0.2) is 0 Å². The van der Waals surface area contributed by atoms with Crippen LogP contribution in [0.2, 0.25) is 0 Å². The molecule has 0 saturated heterocycles. The Bertz CT molecular complexity index is 1260. The smallest absolute Gasteiger partial charge is 0.137 e. The Kier molecular flexibility index (Phi) is 6.70. The van der Waals surface area contributed by atoms with E-state index in [4.69, 9.17) is 9.47 Å². The molecule has 0 bridgehead atoms. The van der Waals surface area contributed by atoms with E-state index >= 15 is 0 Å². The van der Waals surface area contributed by atoms with E-state index < -0.39 is 6.23 Å². The number of aromatic amines is 1. The van der Waals surface area contributed by atoms with E-state index in [1.165, 1.54) is 5.56 Å². The van der Waals surface area contributed by atoms with Crippen molar-refractivity contribution in [3.05, 3.63) is 96.1 Å². The zero-order chi connectivity index (χ0) is 24.2. The number of benzene rings is 3. The number of aliphatic hydroxyl groups excluding tert-OH is 1. The molecule has 0 amide bonds. The number of methoxy groups -OCH3 is 2. The van der Waals surface area contributed by atoms with Gasteiger partial charge in [0.2, 0.25) is 0 Å². The summed E-state index contributed by atoms with van der Waals surface area (Å²) in [6.07, 6.45) is 2.72. The number of nitrogens with zero attached hydrogens (tertiary/aromatic N) is 3. The lowest BCUT2D eigenvalue weighted by atomic mass is 10.0. The van der Waals surface area contributed by atoms with Gasteiger partial charge < -0.3 is 24.5 Å². The zero-order valence-electron chi connectivity index (χ0n) is 20.0. The number of hydrogen-bond acceptors (Lipinski definition) is 6. The van der Waals surface area contributed by atoms with Crippen LogP contribution in [-0.2, 0) is 13.1 Å². The van der Waals surface area contributed by atoms with Crippen molar-refractivity contribution in [3.63, 3.8) is 0 Å². The highest BCUT2D eigenvalue weighted by atomic mass is 16.5. The SMILES string of the molecule is COc1ccc(OC)c(C(O)N2CCN(Cc3cnc[nH]3)c3ccc(-c4ccccc4)cc3C2)c1. The summed E-state index contributed by atoms with van der Waals surface area (Å²) in [7, 11) is 3.24. The Labute approximate surface area is 205 Å². The van der Waals surface area contributed by atoms with Crippen molar-refractivity contribution in [1.82, 2.24) is 14.9 Å². The van der Waals surface area contributed by atoms with Gasteiger partial charge in [0.25, 0.3) is 0 Å². The van der Waals surface area contributed by atoms with Crippen LogP contribution in [0.25, 0.3) is 11.1 Å². The maximum Gasteiger partial charge on any atom is 0.137 e. The maximum absolute atomic E-state index is 11.5. The van der Waals surface area contributed by atoms with Crippen LogP contribution in [0.4, 0.5) is 5.69 Å². The number of aromatic nitrogens is 2. The lowest BCUT2D eigenvalue weighted by Gasteiger charge is -2.28. The van der Waals surface area contributed by atoms with Crippen LogP contribution in [0, 0.1) is 0 Å². The monoisotopic (exact) mass is 470 g/mol. The van der Waals surface area contributed by atoms with Crippen molar-refractivity contribution in [3.8, 4) is 22.6 Å². The number of ether oxygens (including phenoxy) is 2. The molecule has 3 aromatic carbocycles. The van der Waals surface area contributed by atoms with E-state index in [0.29, 0.717) is 36.7 Å². The Morgan fingerprint density at radius 3 is 2.57 bits per heavy atom. The van der Waals surface area contributed by atoms with Crippen molar-refractivity contribution in [2.24, 2.45) is 0 Å². The fourth-order valence-electron chi connectivity index (χ4n) is 4.69. The number of imidazole rings is 1. The Morgan fingerprint density at radius 2 is 1.83 bits per heavy atom. The van der Waals surface area contributed by atoms with Gasteiger partial charge in [-0.05, 0) is 47.0 Å². The van der Waals surface area contributed by atoms with Crippen molar-refractivity contribution in [2.75, 3.05) is 32.2 Å². The third-order valence-corrected chi connectivity index (χ3v) is 6.53. The van der Waals surface area contributed by atoms with Crippen LogP contribution in [-0.4, -0.2) is 47.3 Å². The molecule has 35 heavy (non-hydrogen) atoms. The average Bonchev–Trinajstić information content (AvgIpc) is 3.36. The van der Waals surface area contributed by atoms with Gasteiger partial charge in [-0.15, -0.1) is 0 Å². The van der Waals surface area contributed by atoms with Crippen LogP contribution >= 0.6 is 0 Å². The van der Waals surface area contributed by atoms with E-state index in [1.807, 2.05) is 30.5 Å². The first kappa shape index (κ1) is 23.0. The summed E-state index contributed by atoms with van der Waals surface area (Å²) in [5.74, 6) is 1.32. The highest BCUT2D eigenvalue weighted by Crippen LogP contribution is 2.36. The minimum absolute atomic E-state index is 0.594. The number of H-pyrrole nitrogens is 1. The molecule has 0 aliphatic carbocycles. The maximum atomic E-state index is 11.5. The molecule has 0 saturated carbocycles. The molecular weight excluding hydrogens is 440 g/mol. The Balaban J connectivity index is 1.52. The van der Waals surface area contributed by atoms with Gasteiger partial charge in [-0.1, -0.05) is 36.4 Å². The molecule has 1 atom stereocenters. The summed E-state index contributed by atoms with van der Waals surface area (Å²) in [5, 5.41) is 11.5. The fourth-order valence-corrected chi connectivity index (χ4v) is 4.69. The van der Waals surface area contributed by atoms with Gasteiger partial charge in [0, 0.05) is 37.1 Å². The third-order valence-electron chi connectivity index (χ3n) is 6.53. The predicted molar refractivity (Wildman–Crippen MR) is 136 cm³/mol. The molecule has 7 heteroatoms. The minimum Gasteiger partial charge on any atom is -0.497 e. The molecule has 1 aromatic heterocycles. The first-order chi connectivity index (χ1) is 17.2. The first-order valence-electron chi connectivity index (χ1n) is 11.7. The van der Waals surface area contributed by atoms with Crippen molar-refractivity contribution in [2.45, 2.75) is 19.3 Å². The van der Waals surface area contributed by atoms with Gasteiger partial charge in [-0.25, -0.2) is 4.98 Å². The van der Waals surface area contributed by atoms with Gasteiger partial charge in [-0.3, -0.25) is 4.90 Å². The molecule has 0 fully saturated rings. The summed E-state index contributed by atoms with van der Waals surface area (Å²) in [5.41, 5.74) is 6.37. The minimum atomic E-state index is -0.847. The molecule has 4 aromatic rings. The number of nitrogens with one attached hydrogen (secondary N) is 1. The molecule has 0 radical (unpaired) electrons. The highest BCUT2D eigenvalue weighted by Gasteiger charge is 2.27.